The summed E-state index contributed by atoms with van der Waals surface area (Å²) in [5.74, 6) is 0. The quantitative estimate of drug-likeness (QED) is 0.873. The third-order valence-corrected chi connectivity index (χ3v) is 2.93. The maximum absolute atomic E-state index is 9.97. The van der Waals surface area contributed by atoms with Gasteiger partial charge in [-0.1, -0.05) is 34.1 Å². The summed E-state index contributed by atoms with van der Waals surface area (Å²) in [5, 5.41) is 13.1. The molecule has 1 rings (SSSR count). The first kappa shape index (κ1) is 11.7. The molecule has 2 nitrogen and oxygen atoms in total. The minimum Gasteiger partial charge on any atom is -0.388 e. The topological polar surface area (TPSA) is 32.3 Å². The van der Waals surface area contributed by atoms with Crippen LogP contribution in [0.25, 0.3) is 0 Å². The molecule has 0 aromatic heterocycles. The fourth-order valence-corrected chi connectivity index (χ4v) is 2.11. The molecule has 1 atom stereocenters. The Bertz CT molecular complexity index is 306. The highest BCUT2D eigenvalue weighted by Crippen LogP contribution is 2.30. The van der Waals surface area contributed by atoms with Crippen LogP contribution >= 0.6 is 15.9 Å². The maximum Gasteiger partial charge on any atom is 0.0785 e. The molecule has 0 fully saturated rings. The van der Waals surface area contributed by atoms with Crippen LogP contribution in [0.4, 0.5) is 0 Å². The third kappa shape index (κ3) is 2.56. The van der Waals surface area contributed by atoms with Crippen LogP contribution in [0.2, 0.25) is 0 Å². The van der Waals surface area contributed by atoms with Crippen molar-refractivity contribution in [1.82, 2.24) is 5.32 Å². The Morgan fingerprint density at radius 1 is 1.36 bits per heavy atom. The van der Waals surface area contributed by atoms with Gasteiger partial charge in [0.05, 0.1) is 11.6 Å². The molecular formula is C11H16BrNO. The maximum atomic E-state index is 9.97. The van der Waals surface area contributed by atoms with E-state index in [1.807, 2.05) is 31.3 Å². The van der Waals surface area contributed by atoms with Crippen molar-refractivity contribution >= 4 is 15.9 Å². The number of hydrogen-bond acceptors (Lipinski definition) is 2. The van der Waals surface area contributed by atoms with Gasteiger partial charge in [-0.05, 0) is 32.5 Å². The molecule has 0 spiro atoms. The molecule has 0 aliphatic rings. The smallest absolute Gasteiger partial charge is 0.0785 e. The van der Waals surface area contributed by atoms with Crippen molar-refractivity contribution in [2.75, 3.05) is 7.05 Å². The molecule has 0 radical (unpaired) electrons. The molecule has 1 unspecified atom stereocenters. The molecule has 3 heteroatoms. The van der Waals surface area contributed by atoms with Gasteiger partial charge in [-0.25, -0.2) is 0 Å². The van der Waals surface area contributed by atoms with Crippen LogP contribution in [-0.2, 0) is 0 Å². The second-order valence-corrected chi connectivity index (χ2v) is 4.75. The molecule has 0 aliphatic heterocycles. The first-order valence-corrected chi connectivity index (χ1v) is 5.40. The van der Waals surface area contributed by atoms with Crippen LogP contribution in [0.3, 0.4) is 0 Å². The van der Waals surface area contributed by atoms with Crippen LogP contribution < -0.4 is 5.32 Å². The summed E-state index contributed by atoms with van der Waals surface area (Å²) in [6.07, 6.45) is 0. The number of hydrogen-bond donors (Lipinski definition) is 2. The fraction of sp³-hybridized carbons (Fsp3) is 0.455. The van der Waals surface area contributed by atoms with Crippen LogP contribution in [0.5, 0.6) is 0 Å². The van der Waals surface area contributed by atoms with Crippen molar-refractivity contribution in [2.45, 2.75) is 25.5 Å². The molecule has 2 N–H and O–H groups in total. The van der Waals surface area contributed by atoms with Gasteiger partial charge < -0.3 is 10.4 Å². The lowest BCUT2D eigenvalue weighted by Gasteiger charge is -2.30. The van der Waals surface area contributed by atoms with Gasteiger partial charge in [0.25, 0.3) is 0 Å². The van der Waals surface area contributed by atoms with Gasteiger partial charge in [0.2, 0.25) is 0 Å². The van der Waals surface area contributed by atoms with E-state index >= 15 is 0 Å². The number of likely N-dealkylation sites (N-methyl/N-ethyl adjacent to an activating group) is 1. The van der Waals surface area contributed by atoms with E-state index in [2.05, 4.69) is 21.2 Å². The molecule has 1 aromatic carbocycles. The van der Waals surface area contributed by atoms with Crippen molar-refractivity contribution < 1.29 is 5.11 Å². The number of benzene rings is 1. The summed E-state index contributed by atoms with van der Waals surface area (Å²) < 4.78 is 1.02. The lowest BCUT2D eigenvalue weighted by atomic mass is 9.92. The van der Waals surface area contributed by atoms with E-state index in [-0.39, 0.29) is 6.04 Å². The second-order valence-electron chi connectivity index (χ2n) is 3.90. The van der Waals surface area contributed by atoms with Crippen molar-refractivity contribution in [1.29, 1.82) is 0 Å². The van der Waals surface area contributed by atoms with E-state index in [0.717, 1.165) is 10.0 Å². The van der Waals surface area contributed by atoms with Gasteiger partial charge in [-0.2, -0.15) is 0 Å². The molecule has 14 heavy (non-hydrogen) atoms. The molecule has 0 saturated heterocycles. The van der Waals surface area contributed by atoms with Gasteiger partial charge in [0.1, 0.15) is 0 Å². The van der Waals surface area contributed by atoms with Gasteiger partial charge >= 0.3 is 0 Å². The molecule has 0 saturated carbocycles. The highest BCUT2D eigenvalue weighted by atomic mass is 79.9. The molecule has 0 aliphatic carbocycles. The predicted octanol–water partition coefficient (Wildman–Crippen LogP) is 2.48. The first-order chi connectivity index (χ1) is 6.46. The number of rotatable bonds is 3. The Morgan fingerprint density at radius 3 is 2.36 bits per heavy atom. The average Bonchev–Trinajstić information content (AvgIpc) is 2.07. The normalized spacial score (nSPS) is 14.1. The van der Waals surface area contributed by atoms with E-state index in [4.69, 9.17) is 0 Å². The Labute approximate surface area is 93.5 Å². The average molecular weight is 258 g/mol. The van der Waals surface area contributed by atoms with E-state index < -0.39 is 5.60 Å². The van der Waals surface area contributed by atoms with Crippen LogP contribution in [-0.4, -0.2) is 17.8 Å². The van der Waals surface area contributed by atoms with Crippen molar-refractivity contribution in [3.8, 4) is 0 Å². The van der Waals surface area contributed by atoms with Crippen molar-refractivity contribution in [3.05, 3.63) is 34.3 Å². The zero-order valence-corrected chi connectivity index (χ0v) is 10.3. The van der Waals surface area contributed by atoms with Gasteiger partial charge in [-0.15, -0.1) is 0 Å². The summed E-state index contributed by atoms with van der Waals surface area (Å²) in [5.41, 5.74) is 0.293. The van der Waals surface area contributed by atoms with Gasteiger partial charge in [0.15, 0.2) is 0 Å². The first-order valence-electron chi connectivity index (χ1n) is 4.61. The third-order valence-electron chi connectivity index (χ3n) is 2.21. The SMILES string of the molecule is CNC(c1ccccc1Br)C(C)(C)O. The highest BCUT2D eigenvalue weighted by molar-refractivity contribution is 9.10. The van der Waals surface area contributed by atoms with Crippen LogP contribution in [0.1, 0.15) is 25.5 Å². The van der Waals surface area contributed by atoms with Crippen molar-refractivity contribution in [3.63, 3.8) is 0 Å². The Hall–Kier alpha value is -0.380. The Morgan fingerprint density at radius 2 is 1.93 bits per heavy atom. The zero-order chi connectivity index (χ0) is 10.8. The van der Waals surface area contributed by atoms with E-state index in [9.17, 15) is 5.11 Å². The monoisotopic (exact) mass is 257 g/mol. The van der Waals surface area contributed by atoms with Crippen LogP contribution in [0, 0.1) is 0 Å². The standard InChI is InChI=1S/C11H16BrNO/c1-11(2,14)10(13-3)8-6-4-5-7-9(8)12/h4-7,10,13-14H,1-3H3. The summed E-state index contributed by atoms with van der Waals surface area (Å²) in [4.78, 5) is 0. The minimum atomic E-state index is -0.779. The number of aliphatic hydroxyl groups is 1. The van der Waals surface area contributed by atoms with Gasteiger partial charge in [0, 0.05) is 4.47 Å². The minimum absolute atomic E-state index is 0.0712. The van der Waals surface area contributed by atoms with Gasteiger partial charge in [-0.3, -0.25) is 0 Å². The van der Waals surface area contributed by atoms with E-state index in [1.54, 1.807) is 13.8 Å². The number of halogens is 1. The molecule has 1 aromatic rings. The number of nitrogens with one attached hydrogen (secondary N) is 1. The highest BCUT2D eigenvalue weighted by Gasteiger charge is 2.27. The molecule has 0 amide bonds. The Balaban J connectivity index is 3.08. The lowest BCUT2D eigenvalue weighted by molar-refractivity contribution is 0.0398. The lowest BCUT2D eigenvalue weighted by Crippen LogP contribution is -2.37. The van der Waals surface area contributed by atoms with E-state index in [1.165, 1.54) is 0 Å². The molecule has 78 valence electrons. The largest absolute Gasteiger partial charge is 0.388 e. The zero-order valence-electron chi connectivity index (χ0n) is 8.71. The summed E-state index contributed by atoms with van der Waals surface area (Å²) in [7, 11) is 1.85. The predicted molar refractivity (Wildman–Crippen MR) is 62.2 cm³/mol. The Kier molecular flexibility index (Phi) is 3.70. The summed E-state index contributed by atoms with van der Waals surface area (Å²) in [6, 6.07) is 7.84. The van der Waals surface area contributed by atoms with Crippen LogP contribution in [0.15, 0.2) is 28.7 Å². The van der Waals surface area contributed by atoms with E-state index in [0.29, 0.717) is 0 Å². The van der Waals surface area contributed by atoms with Crippen molar-refractivity contribution in [2.24, 2.45) is 0 Å². The summed E-state index contributed by atoms with van der Waals surface area (Å²) >= 11 is 3.48. The molecule has 0 heterocycles. The molecular weight excluding hydrogens is 242 g/mol. The second kappa shape index (κ2) is 4.43. The summed E-state index contributed by atoms with van der Waals surface area (Å²) in [6.45, 7) is 3.60. The molecule has 0 bridgehead atoms. The fourth-order valence-electron chi connectivity index (χ4n) is 1.60.